The van der Waals surface area contributed by atoms with Crippen molar-refractivity contribution in [2.45, 2.75) is 13.3 Å². The topological polar surface area (TPSA) is 58.2 Å². The van der Waals surface area contributed by atoms with Gasteiger partial charge in [0.25, 0.3) is 5.91 Å². The van der Waals surface area contributed by atoms with Gasteiger partial charge in [-0.2, -0.15) is 0 Å². The molecule has 0 aliphatic rings. The molecule has 0 heterocycles. The van der Waals surface area contributed by atoms with Crippen LogP contribution in [0.4, 0.5) is 18.9 Å². The number of rotatable bonds is 7. The summed E-state index contributed by atoms with van der Waals surface area (Å²) in [6.07, 6.45) is 0.307. The van der Waals surface area contributed by atoms with Gasteiger partial charge in [0, 0.05) is 23.9 Å². The van der Waals surface area contributed by atoms with E-state index in [0.29, 0.717) is 23.7 Å². The third-order valence-electron chi connectivity index (χ3n) is 3.97. The van der Waals surface area contributed by atoms with Gasteiger partial charge in [-0.15, -0.1) is 0 Å². The predicted molar refractivity (Wildman–Crippen MR) is 96.6 cm³/mol. The van der Waals surface area contributed by atoms with E-state index in [1.54, 1.807) is 6.92 Å². The molecule has 4 nitrogen and oxygen atoms in total. The van der Waals surface area contributed by atoms with Gasteiger partial charge in [-0.3, -0.25) is 9.59 Å². The smallest absolute Gasteiger partial charge is 0.251 e. The van der Waals surface area contributed by atoms with Crippen molar-refractivity contribution in [1.82, 2.24) is 5.32 Å². The van der Waals surface area contributed by atoms with Crippen molar-refractivity contribution in [3.63, 3.8) is 0 Å². The van der Waals surface area contributed by atoms with Crippen LogP contribution in [-0.2, 0) is 4.79 Å². The molecule has 142 valence electrons. The average molecular weight is 376 g/mol. The fourth-order valence-corrected chi connectivity index (χ4v) is 2.31. The number of nitrogens with one attached hydrogen (secondary N) is 2. The minimum atomic E-state index is -0.837. The summed E-state index contributed by atoms with van der Waals surface area (Å²) < 4.78 is 39.1. The molecule has 2 rings (SSSR count). The van der Waals surface area contributed by atoms with Crippen LogP contribution in [0.15, 0.2) is 54.6 Å². The second-order valence-electron chi connectivity index (χ2n) is 6.04. The third kappa shape index (κ3) is 5.99. The molecule has 0 spiro atoms. The lowest BCUT2D eigenvalue weighted by atomic mass is 9.98. The van der Waals surface area contributed by atoms with E-state index in [1.165, 1.54) is 24.3 Å². The molecule has 0 saturated heterocycles. The number of hydrogen-bond acceptors (Lipinski definition) is 2. The molecule has 0 aliphatic carbocycles. The highest BCUT2D eigenvalue weighted by atomic mass is 19.1. The summed E-state index contributed by atoms with van der Waals surface area (Å²) in [4.78, 5) is 24.1. The van der Waals surface area contributed by atoms with E-state index in [9.17, 15) is 22.8 Å². The van der Waals surface area contributed by atoms with Crippen molar-refractivity contribution in [2.24, 2.45) is 5.92 Å². The molecule has 2 amide bonds. The Hall–Kier alpha value is -3.09. The van der Waals surface area contributed by atoms with Gasteiger partial charge in [-0.1, -0.05) is 12.2 Å². The molecule has 2 aromatic carbocycles. The van der Waals surface area contributed by atoms with Crippen LogP contribution < -0.4 is 10.6 Å². The van der Waals surface area contributed by atoms with E-state index < -0.39 is 29.3 Å². The first-order valence-corrected chi connectivity index (χ1v) is 8.24. The van der Waals surface area contributed by atoms with Crippen molar-refractivity contribution in [3.05, 3.63) is 77.6 Å². The number of benzene rings is 2. The van der Waals surface area contributed by atoms with Crippen LogP contribution in [0.3, 0.4) is 0 Å². The van der Waals surface area contributed by atoms with Gasteiger partial charge in [0.2, 0.25) is 5.91 Å². The first-order valence-electron chi connectivity index (χ1n) is 8.24. The highest BCUT2D eigenvalue weighted by Crippen LogP contribution is 2.16. The maximum atomic E-state index is 13.1. The van der Waals surface area contributed by atoms with Crippen molar-refractivity contribution >= 4 is 17.5 Å². The SMILES string of the molecule is C=C(CCNC(=O)c1cc(F)cc(F)c1)[C@H](C)C(=O)Nc1ccc(F)cc1. The van der Waals surface area contributed by atoms with E-state index in [2.05, 4.69) is 17.2 Å². The Balaban J connectivity index is 1.82. The zero-order valence-electron chi connectivity index (χ0n) is 14.7. The van der Waals surface area contributed by atoms with Crippen LogP contribution in [0, 0.1) is 23.4 Å². The molecule has 0 bridgehead atoms. The molecule has 27 heavy (non-hydrogen) atoms. The lowest BCUT2D eigenvalue weighted by Crippen LogP contribution is -2.27. The van der Waals surface area contributed by atoms with Crippen molar-refractivity contribution in [3.8, 4) is 0 Å². The monoisotopic (exact) mass is 376 g/mol. The van der Waals surface area contributed by atoms with E-state index in [-0.39, 0.29) is 18.0 Å². The second kappa shape index (κ2) is 9.02. The predicted octanol–water partition coefficient (Wildman–Crippen LogP) is 4.05. The van der Waals surface area contributed by atoms with Crippen LogP contribution in [0.1, 0.15) is 23.7 Å². The highest BCUT2D eigenvalue weighted by Gasteiger charge is 2.17. The Kier molecular flexibility index (Phi) is 6.76. The van der Waals surface area contributed by atoms with Crippen molar-refractivity contribution in [2.75, 3.05) is 11.9 Å². The van der Waals surface area contributed by atoms with Crippen LogP contribution in [0.25, 0.3) is 0 Å². The maximum Gasteiger partial charge on any atom is 0.251 e. The maximum absolute atomic E-state index is 13.1. The molecule has 0 unspecified atom stereocenters. The number of hydrogen-bond donors (Lipinski definition) is 2. The summed E-state index contributed by atoms with van der Waals surface area (Å²) in [7, 11) is 0. The zero-order chi connectivity index (χ0) is 20.0. The minimum Gasteiger partial charge on any atom is -0.352 e. The van der Waals surface area contributed by atoms with E-state index in [0.717, 1.165) is 12.1 Å². The van der Waals surface area contributed by atoms with Gasteiger partial charge in [-0.05, 0) is 49.7 Å². The quantitative estimate of drug-likeness (QED) is 0.716. The van der Waals surface area contributed by atoms with Crippen molar-refractivity contribution in [1.29, 1.82) is 0 Å². The minimum absolute atomic E-state index is 0.125. The van der Waals surface area contributed by atoms with Crippen LogP contribution in [0.5, 0.6) is 0 Å². The second-order valence-corrected chi connectivity index (χ2v) is 6.04. The van der Waals surface area contributed by atoms with E-state index in [1.807, 2.05) is 0 Å². The molecule has 1 atom stereocenters. The summed E-state index contributed by atoms with van der Waals surface area (Å²) in [6, 6.07) is 7.92. The fourth-order valence-electron chi connectivity index (χ4n) is 2.31. The molecule has 0 aliphatic heterocycles. The summed E-state index contributed by atoms with van der Waals surface area (Å²) in [5.74, 6) is -3.56. The molecular formula is C20H19F3N2O2. The number of carbonyl (C=O) groups excluding carboxylic acids is 2. The summed E-state index contributed by atoms with van der Waals surface area (Å²) >= 11 is 0. The summed E-state index contributed by atoms with van der Waals surface area (Å²) in [5, 5.41) is 5.18. The van der Waals surface area contributed by atoms with Gasteiger partial charge in [-0.25, -0.2) is 13.2 Å². The molecule has 2 N–H and O–H groups in total. The van der Waals surface area contributed by atoms with E-state index >= 15 is 0 Å². The Morgan fingerprint density at radius 1 is 1.00 bits per heavy atom. The molecule has 0 fully saturated rings. The largest absolute Gasteiger partial charge is 0.352 e. The molecule has 0 saturated carbocycles. The van der Waals surface area contributed by atoms with Gasteiger partial charge >= 0.3 is 0 Å². The Bertz CT molecular complexity index is 831. The van der Waals surface area contributed by atoms with Crippen LogP contribution in [-0.4, -0.2) is 18.4 Å². The van der Waals surface area contributed by atoms with Gasteiger partial charge < -0.3 is 10.6 Å². The van der Waals surface area contributed by atoms with Gasteiger partial charge in [0.05, 0.1) is 5.92 Å². The van der Waals surface area contributed by atoms with Crippen molar-refractivity contribution < 1.29 is 22.8 Å². The van der Waals surface area contributed by atoms with E-state index in [4.69, 9.17) is 0 Å². The third-order valence-corrected chi connectivity index (χ3v) is 3.97. The molecule has 0 aromatic heterocycles. The van der Waals surface area contributed by atoms with Crippen LogP contribution >= 0.6 is 0 Å². The molecule has 0 radical (unpaired) electrons. The summed E-state index contributed by atoms with van der Waals surface area (Å²) in [5.41, 5.74) is 0.906. The average Bonchev–Trinajstić information content (AvgIpc) is 2.61. The molecule has 7 heteroatoms. The number of halogens is 3. The molecule has 2 aromatic rings. The standard InChI is InChI=1S/C20H19F3N2O2/c1-12(13(2)19(26)25-18-5-3-15(21)4-6-18)7-8-24-20(27)14-9-16(22)11-17(23)10-14/h3-6,9-11,13H,1,7-8H2,2H3,(H,24,27)(H,25,26)/t13-/m0/s1. The Labute approximate surface area is 155 Å². The fraction of sp³-hybridized carbons (Fsp3) is 0.200. The lowest BCUT2D eigenvalue weighted by Gasteiger charge is -2.15. The zero-order valence-corrected chi connectivity index (χ0v) is 14.7. The van der Waals surface area contributed by atoms with Gasteiger partial charge in [0.1, 0.15) is 17.5 Å². The number of amides is 2. The first kappa shape index (κ1) is 20.2. The van der Waals surface area contributed by atoms with Crippen LogP contribution in [0.2, 0.25) is 0 Å². The number of carbonyl (C=O) groups is 2. The summed E-state index contributed by atoms with van der Waals surface area (Å²) in [6.45, 7) is 5.65. The Morgan fingerprint density at radius 3 is 2.19 bits per heavy atom. The Morgan fingerprint density at radius 2 is 1.59 bits per heavy atom. The first-order chi connectivity index (χ1) is 12.8. The highest BCUT2D eigenvalue weighted by molar-refractivity contribution is 5.95. The molecular weight excluding hydrogens is 357 g/mol. The lowest BCUT2D eigenvalue weighted by molar-refractivity contribution is -0.118. The normalized spacial score (nSPS) is 11.6. The number of anilines is 1. The van der Waals surface area contributed by atoms with Gasteiger partial charge in [0.15, 0.2) is 0 Å².